The van der Waals surface area contributed by atoms with Crippen LogP contribution in [-0.4, -0.2) is 54.0 Å². The highest BCUT2D eigenvalue weighted by atomic mass is 35.5. The maximum absolute atomic E-state index is 12.9. The van der Waals surface area contributed by atoms with Crippen LogP contribution >= 0.6 is 22.9 Å². The molecule has 1 N–H and O–H groups in total. The van der Waals surface area contributed by atoms with Crippen LogP contribution < -0.4 is 5.32 Å². The van der Waals surface area contributed by atoms with Gasteiger partial charge in [0.25, 0.3) is 0 Å². The molecule has 0 unspecified atom stereocenters. The van der Waals surface area contributed by atoms with Crippen molar-refractivity contribution >= 4 is 28.8 Å². The van der Waals surface area contributed by atoms with E-state index >= 15 is 0 Å². The Balaban J connectivity index is 2.07. The third-order valence-corrected chi connectivity index (χ3v) is 5.29. The number of halogens is 1. The number of carbonyl (C=O) groups is 1. The molecule has 1 amide bonds. The number of nitrogens with zero attached hydrogens (tertiary/aromatic N) is 2. The normalized spacial score (nSPS) is 17.0. The average molecular weight is 330 g/mol. The molecule has 21 heavy (non-hydrogen) atoms. The molecule has 4 nitrogen and oxygen atoms in total. The Morgan fingerprint density at radius 2 is 2.10 bits per heavy atom. The molecule has 2 heterocycles. The van der Waals surface area contributed by atoms with Crippen LogP contribution in [0.3, 0.4) is 0 Å². The Labute approximate surface area is 136 Å². The molecule has 1 saturated heterocycles. The van der Waals surface area contributed by atoms with Gasteiger partial charge in [0.1, 0.15) is 0 Å². The summed E-state index contributed by atoms with van der Waals surface area (Å²) in [4.78, 5) is 18.3. The van der Waals surface area contributed by atoms with Crippen LogP contribution in [0.5, 0.6) is 0 Å². The summed E-state index contributed by atoms with van der Waals surface area (Å²) >= 11 is 7.52. The zero-order valence-electron chi connectivity index (χ0n) is 13.0. The van der Waals surface area contributed by atoms with Crippen molar-refractivity contribution in [3.63, 3.8) is 0 Å². The molecule has 0 atom stereocenters. The molecule has 2 rings (SSSR count). The lowest BCUT2D eigenvalue weighted by Gasteiger charge is -2.42. The summed E-state index contributed by atoms with van der Waals surface area (Å²) in [5, 5.41) is 3.33. The number of thiophene rings is 1. The number of likely N-dealkylation sites (N-methyl/N-ethyl adjacent to an activating group) is 1. The van der Waals surface area contributed by atoms with E-state index in [9.17, 15) is 4.79 Å². The Bertz CT molecular complexity index is 483. The van der Waals surface area contributed by atoms with Crippen LogP contribution in [0.1, 0.15) is 25.6 Å². The van der Waals surface area contributed by atoms with Gasteiger partial charge >= 0.3 is 0 Å². The van der Waals surface area contributed by atoms with Crippen LogP contribution in [0, 0.1) is 0 Å². The summed E-state index contributed by atoms with van der Waals surface area (Å²) in [6, 6.07) is 3.89. The predicted molar refractivity (Wildman–Crippen MR) is 88.9 cm³/mol. The SMILES string of the molecule is CCN(Cc1ccc(Cl)s1)C(=O)C(C)(C)N1CCNCC1. The van der Waals surface area contributed by atoms with Crippen molar-refractivity contribution < 1.29 is 4.79 Å². The van der Waals surface area contributed by atoms with E-state index < -0.39 is 5.54 Å². The molecular weight excluding hydrogens is 306 g/mol. The van der Waals surface area contributed by atoms with Crippen molar-refractivity contribution in [2.24, 2.45) is 0 Å². The van der Waals surface area contributed by atoms with Gasteiger partial charge in [0.2, 0.25) is 5.91 Å². The predicted octanol–water partition coefficient (Wildman–Crippen LogP) is 2.43. The van der Waals surface area contributed by atoms with Crippen LogP contribution in [0.4, 0.5) is 0 Å². The number of piperazine rings is 1. The topological polar surface area (TPSA) is 35.6 Å². The molecule has 0 aliphatic carbocycles. The quantitative estimate of drug-likeness (QED) is 0.901. The van der Waals surface area contributed by atoms with E-state index in [1.165, 1.54) is 0 Å². The minimum absolute atomic E-state index is 0.191. The third-order valence-electron chi connectivity index (χ3n) is 4.08. The molecule has 6 heteroatoms. The third kappa shape index (κ3) is 3.97. The van der Waals surface area contributed by atoms with Gasteiger partial charge in [-0.15, -0.1) is 11.3 Å². The molecular formula is C15H24ClN3OS. The maximum atomic E-state index is 12.9. The summed E-state index contributed by atoms with van der Waals surface area (Å²) < 4.78 is 0.773. The van der Waals surface area contributed by atoms with Crippen molar-refractivity contribution in [1.82, 2.24) is 15.1 Å². The molecule has 0 bridgehead atoms. The van der Waals surface area contributed by atoms with E-state index in [1.54, 1.807) is 11.3 Å². The van der Waals surface area contributed by atoms with E-state index in [1.807, 2.05) is 37.8 Å². The van der Waals surface area contributed by atoms with E-state index in [0.717, 1.165) is 35.4 Å². The molecule has 0 spiro atoms. The van der Waals surface area contributed by atoms with Crippen molar-refractivity contribution in [2.45, 2.75) is 32.9 Å². The second kappa shape index (κ2) is 7.09. The molecule has 1 aromatic rings. The van der Waals surface area contributed by atoms with E-state index in [0.29, 0.717) is 13.1 Å². The zero-order chi connectivity index (χ0) is 15.5. The average Bonchev–Trinajstić information content (AvgIpc) is 2.90. The highest BCUT2D eigenvalue weighted by Gasteiger charge is 2.37. The summed E-state index contributed by atoms with van der Waals surface area (Å²) in [7, 11) is 0. The van der Waals surface area contributed by atoms with Gasteiger partial charge in [-0.2, -0.15) is 0 Å². The monoisotopic (exact) mass is 329 g/mol. The van der Waals surface area contributed by atoms with Crippen molar-refractivity contribution in [1.29, 1.82) is 0 Å². The largest absolute Gasteiger partial charge is 0.336 e. The zero-order valence-corrected chi connectivity index (χ0v) is 14.6. The van der Waals surface area contributed by atoms with Crippen molar-refractivity contribution in [3.05, 3.63) is 21.3 Å². The first kappa shape index (κ1) is 16.7. The Hall–Kier alpha value is -0.620. The van der Waals surface area contributed by atoms with Gasteiger partial charge in [0.15, 0.2) is 0 Å². The Kier molecular flexibility index (Phi) is 5.66. The Morgan fingerprint density at radius 3 is 2.62 bits per heavy atom. The van der Waals surface area contributed by atoms with Gasteiger partial charge in [-0.3, -0.25) is 9.69 Å². The fourth-order valence-corrected chi connectivity index (χ4v) is 3.80. The van der Waals surface area contributed by atoms with Crippen molar-refractivity contribution in [3.8, 4) is 0 Å². The van der Waals surface area contributed by atoms with E-state index in [2.05, 4.69) is 10.2 Å². The second-order valence-electron chi connectivity index (χ2n) is 5.82. The molecule has 1 aromatic heterocycles. The molecule has 0 radical (unpaired) electrons. The Morgan fingerprint density at radius 1 is 1.43 bits per heavy atom. The highest BCUT2D eigenvalue weighted by molar-refractivity contribution is 7.16. The number of amides is 1. The molecule has 1 fully saturated rings. The van der Waals surface area contributed by atoms with Gasteiger partial charge in [-0.25, -0.2) is 0 Å². The number of hydrogen-bond acceptors (Lipinski definition) is 4. The highest BCUT2D eigenvalue weighted by Crippen LogP contribution is 2.25. The van der Waals surface area contributed by atoms with Gasteiger partial charge in [-0.1, -0.05) is 11.6 Å². The van der Waals surface area contributed by atoms with E-state index in [4.69, 9.17) is 11.6 Å². The molecule has 0 aromatic carbocycles. The standard InChI is InChI=1S/C15H24ClN3OS/c1-4-18(11-12-5-6-13(16)21-12)14(20)15(2,3)19-9-7-17-8-10-19/h5-6,17H,4,7-11H2,1-3H3. The summed E-state index contributed by atoms with van der Waals surface area (Å²) in [5.41, 5.74) is -0.459. The number of hydrogen-bond donors (Lipinski definition) is 1. The van der Waals surface area contributed by atoms with E-state index in [-0.39, 0.29) is 5.91 Å². The van der Waals surface area contributed by atoms with Gasteiger partial charge in [-0.05, 0) is 32.9 Å². The molecule has 1 aliphatic rings. The first-order valence-corrected chi connectivity index (χ1v) is 8.64. The molecule has 1 aliphatic heterocycles. The number of rotatable bonds is 5. The van der Waals surface area contributed by atoms with Crippen LogP contribution in [0.25, 0.3) is 0 Å². The van der Waals surface area contributed by atoms with Gasteiger partial charge in [0, 0.05) is 37.6 Å². The van der Waals surface area contributed by atoms with Crippen LogP contribution in [-0.2, 0) is 11.3 Å². The lowest BCUT2D eigenvalue weighted by molar-refractivity contribution is -0.143. The fraction of sp³-hybridized carbons (Fsp3) is 0.667. The van der Waals surface area contributed by atoms with Gasteiger partial charge in [0.05, 0.1) is 16.4 Å². The summed E-state index contributed by atoms with van der Waals surface area (Å²) in [6.45, 7) is 11.2. The summed E-state index contributed by atoms with van der Waals surface area (Å²) in [6.07, 6.45) is 0. The smallest absolute Gasteiger partial charge is 0.242 e. The maximum Gasteiger partial charge on any atom is 0.242 e. The van der Waals surface area contributed by atoms with Gasteiger partial charge < -0.3 is 10.2 Å². The van der Waals surface area contributed by atoms with Crippen LogP contribution in [0.15, 0.2) is 12.1 Å². The van der Waals surface area contributed by atoms with Crippen LogP contribution in [0.2, 0.25) is 4.34 Å². The van der Waals surface area contributed by atoms with Crippen molar-refractivity contribution in [2.75, 3.05) is 32.7 Å². The fourth-order valence-electron chi connectivity index (χ4n) is 2.70. The molecule has 118 valence electrons. The first-order valence-electron chi connectivity index (χ1n) is 7.44. The minimum Gasteiger partial charge on any atom is -0.336 e. The molecule has 0 saturated carbocycles. The number of nitrogens with one attached hydrogen (secondary N) is 1. The minimum atomic E-state index is -0.459. The lowest BCUT2D eigenvalue weighted by atomic mass is 9.99. The summed E-state index contributed by atoms with van der Waals surface area (Å²) in [5.74, 6) is 0.191. The first-order chi connectivity index (χ1) is 9.95. The number of carbonyl (C=O) groups excluding carboxylic acids is 1. The second-order valence-corrected chi connectivity index (χ2v) is 7.62. The lowest BCUT2D eigenvalue weighted by Crippen LogP contribution is -2.60.